The van der Waals surface area contributed by atoms with E-state index in [-0.39, 0.29) is 5.56 Å². The second-order valence-corrected chi connectivity index (χ2v) is 5.07. The van der Waals surface area contributed by atoms with Crippen LogP contribution in [0.15, 0.2) is 77.7 Å². The number of hydrogen-bond donors (Lipinski definition) is 0. The minimum absolute atomic E-state index is 0.114. The Bertz CT molecular complexity index is 805. The van der Waals surface area contributed by atoms with Crippen LogP contribution in [0.4, 0.5) is 0 Å². The SMILES string of the molecule is COc1cccn(Cc2ccc(-c3ccccc3)cc2)c1=O. The molecule has 110 valence electrons. The van der Waals surface area contributed by atoms with Crippen molar-refractivity contribution in [2.45, 2.75) is 6.54 Å². The second-order valence-electron chi connectivity index (χ2n) is 5.07. The van der Waals surface area contributed by atoms with Gasteiger partial charge in [0.1, 0.15) is 0 Å². The molecule has 0 bridgehead atoms. The molecule has 2 aromatic carbocycles. The van der Waals surface area contributed by atoms with Crippen molar-refractivity contribution in [2.24, 2.45) is 0 Å². The zero-order valence-electron chi connectivity index (χ0n) is 12.4. The van der Waals surface area contributed by atoms with Crippen molar-refractivity contribution < 1.29 is 4.74 Å². The molecule has 0 aliphatic heterocycles. The van der Waals surface area contributed by atoms with E-state index in [9.17, 15) is 4.79 Å². The van der Waals surface area contributed by atoms with Gasteiger partial charge in [0.25, 0.3) is 5.56 Å². The van der Waals surface area contributed by atoms with Gasteiger partial charge in [-0.25, -0.2) is 0 Å². The molecule has 0 spiro atoms. The summed E-state index contributed by atoms with van der Waals surface area (Å²) in [5.41, 5.74) is 3.32. The van der Waals surface area contributed by atoms with Gasteiger partial charge in [0.05, 0.1) is 13.7 Å². The molecule has 0 unspecified atom stereocenters. The summed E-state index contributed by atoms with van der Waals surface area (Å²) in [6, 6.07) is 22.0. The Morgan fingerprint density at radius 3 is 2.23 bits per heavy atom. The lowest BCUT2D eigenvalue weighted by Gasteiger charge is -2.08. The maximum absolute atomic E-state index is 12.1. The van der Waals surface area contributed by atoms with E-state index in [1.165, 1.54) is 18.2 Å². The van der Waals surface area contributed by atoms with Crippen molar-refractivity contribution in [2.75, 3.05) is 7.11 Å². The zero-order chi connectivity index (χ0) is 15.4. The fourth-order valence-electron chi connectivity index (χ4n) is 2.42. The number of ether oxygens (including phenoxy) is 1. The monoisotopic (exact) mass is 291 g/mol. The molecule has 0 saturated carbocycles. The highest BCUT2D eigenvalue weighted by Crippen LogP contribution is 2.19. The fraction of sp³-hybridized carbons (Fsp3) is 0.105. The Kier molecular flexibility index (Phi) is 4.05. The molecule has 0 aliphatic carbocycles. The molecule has 3 rings (SSSR count). The number of nitrogens with zero attached hydrogens (tertiary/aromatic N) is 1. The summed E-state index contributed by atoms with van der Waals surface area (Å²) in [7, 11) is 1.51. The number of rotatable bonds is 4. The lowest BCUT2D eigenvalue weighted by molar-refractivity contribution is 0.403. The lowest BCUT2D eigenvalue weighted by Crippen LogP contribution is -2.20. The molecule has 0 amide bonds. The Labute approximate surface area is 129 Å². The summed E-state index contributed by atoms with van der Waals surface area (Å²) in [6.07, 6.45) is 1.77. The van der Waals surface area contributed by atoms with Gasteiger partial charge >= 0.3 is 0 Å². The van der Waals surface area contributed by atoms with Gasteiger partial charge < -0.3 is 9.30 Å². The molecule has 0 atom stereocenters. The Balaban J connectivity index is 1.84. The average molecular weight is 291 g/mol. The van der Waals surface area contributed by atoms with Gasteiger partial charge in [0.2, 0.25) is 0 Å². The summed E-state index contributed by atoms with van der Waals surface area (Å²) in [4.78, 5) is 12.1. The number of methoxy groups -OCH3 is 1. The summed E-state index contributed by atoms with van der Waals surface area (Å²) >= 11 is 0. The van der Waals surface area contributed by atoms with Crippen molar-refractivity contribution in [1.82, 2.24) is 4.57 Å². The number of benzene rings is 2. The Hall–Kier alpha value is -2.81. The first-order valence-electron chi connectivity index (χ1n) is 7.16. The van der Waals surface area contributed by atoms with Crippen LogP contribution in [0, 0.1) is 0 Å². The van der Waals surface area contributed by atoms with Gasteiger partial charge in [-0.15, -0.1) is 0 Å². The van der Waals surface area contributed by atoms with E-state index in [0.717, 1.165) is 5.56 Å². The third-order valence-corrected chi connectivity index (χ3v) is 3.62. The van der Waals surface area contributed by atoms with Crippen LogP contribution >= 0.6 is 0 Å². The van der Waals surface area contributed by atoms with E-state index < -0.39 is 0 Å². The largest absolute Gasteiger partial charge is 0.491 e. The molecule has 0 saturated heterocycles. The predicted octanol–water partition coefficient (Wildman–Crippen LogP) is 3.57. The van der Waals surface area contributed by atoms with E-state index in [2.05, 4.69) is 24.3 Å². The molecular weight excluding hydrogens is 274 g/mol. The predicted molar refractivity (Wildman–Crippen MR) is 88.2 cm³/mol. The molecule has 0 N–H and O–H groups in total. The van der Waals surface area contributed by atoms with Crippen molar-refractivity contribution in [3.63, 3.8) is 0 Å². The van der Waals surface area contributed by atoms with Crippen LogP contribution < -0.4 is 10.3 Å². The third kappa shape index (κ3) is 2.93. The first-order chi connectivity index (χ1) is 10.8. The van der Waals surface area contributed by atoms with Gasteiger partial charge in [0.15, 0.2) is 5.75 Å². The minimum atomic E-state index is -0.114. The van der Waals surface area contributed by atoms with Crippen molar-refractivity contribution >= 4 is 0 Å². The van der Waals surface area contributed by atoms with Crippen molar-refractivity contribution in [3.05, 3.63) is 88.8 Å². The zero-order valence-corrected chi connectivity index (χ0v) is 12.4. The van der Waals surface area contributed by atoms with Crippen LogP contribution in [0.3, 0.4) is 0 Å². The third-order valence-electron chi connectivity index (χ3n) is 3.62. The highest BCUT2D eigenvalue weighted by Gasteiger charge is 2.04. The quantitative estimate of drug-likeness (QED) is 0.736. The highest BCUT2D eigenvalue weighted by atomic mass is 16.5. The first-order valence-corrected chi connectivity index (χ1v) is 7.16. The number of aromatic nitrogens is 1. The fourth-order valence-corrected chi connectivity index (χ4v) is 2.42. The van der Waals surface area contributed by atoms with Gasteiger partial charge in [-0.3, -0.25) is 4.79 Å². The van der Waals surface area contributed by atoms with Crippen LogP contribution in [0.25, 0.3) is 11.1 Å². The van der Waals surface area contributed by atoms with E-state index in [1.807, 2.05) is 36.4 Å². The molecule has 22 heavy (non-hydrogen) atoms. The molecular formula is C19H17NO2. The van der Waals surface area contributed by atoms with Crippen molar-refractivity contribution in [1.29, 1.82) is 0 Å². The van der Waals surface area contributed by atoms with Gasteiger partial charge in [-0.1, -0.05) is 54.6 Å². The highest BCUT2D eigenvalue weighted by molar-refractivity contribution is 5.63. The molecule has 0 fully saturated rings. The molecule has 1 aromatic heterocycles. The molecule has 0 radical (unpaired) electrons. The maximum Gasteiger partial charge on any atom is 0.293 e. The number of hydrogen-bond acceptors (Lipinski definition) is 2. The number of pyridine rings is 1. The van der Waals surface area contributed by atoms with Crippen LogP contribution in [0.1, 0.15) is 5.56 Å². The lowest BCUT2D eigenvalue weighted by atomic mass is 10.0. The van der Waals surface area contributed by atoms with E-state index in [0.29, 0.717) is 12.3 Å². The normalized spacial score (nSPS) is 10.4. The van der Waals surface area contributed by atoms with Gasteiger partial charge in [-0.05, 0) is 28.8 Å². The summed E-state index contributed by atoms with van der Waals surface area (Å²) in [5, 5.41) is 0. The summed E-state index contributed by atoms with van der Waals surface area (Å²) in [6.45, 7) is 0.533. The topological polar surface area (TPSA) is 31.2 Å². The second kappa shape index (κ2) is 6.31. The van der Waals surface area contributed by atoms with E-state index in [4.69, 9.17) is 4.74 Å². The molecule has 0 aliphatic rings. The average Bonchev–Trinajstić information content (AvgIpc) is 2.58. The standard InChI is InChI=1S/C19H17NO2/c1-22-18-8-5-13-20(19(18)21)14-15-9-11-17(12-10-15)16-6-3-2-4-7-16/h2-13H,14H2,1H3. The van der Waals surface area contributed by atoms with Crippen LogP contribution in [0.5, 0.6) is 5.75 Å². The van der Waals surface area contributed by atoms with Gasteiger partial charge in [0, 0.05) is 6.20 Å². The van der Waals surface area contributed by atoms with Crippen LogP contribution in [-0.4, -0.2) is 11.7 Å². The Morgan fingerprint density at radius 1 is 0.864 bits per heavy atom. The molecule has 3 aromatic rings. The van der Waals surface area contributed by atoms with E-state index >= 15 is 0 Å². The molecule has 1 heterocycles. The maximum atomic E-state index is 12.1. The van der Waals surface area contributed by atoms with Crippen LogP contribution in [0.2, 0.25) is 0 Å². The summed E-state index contributed by atoms with van der Waals surface area (Å²) in [5.74, 6) is 0.364. The van der Waals surface area contributed by atoms with E-state index in [1.54, 1.807) is 16.8 Å². The smallest absolute Gasteiger partial charge is 0.293 e. The molecule has 3 heteroatoms. The van der Waals surface area contributed by atoms with Gasteiger partial charge in [-0.2, -0.15) is 0 Å². The van der Waals surface area contributed by atoms with Crippen LogP contribution in [-0.2, 0) is 6.54 Å². The van der Waals surface area contributed by atoms with Crippen molar-refractivity contribution in [3.8, 4) is 16.9 Å². The minimum Gasteiger partial charge on any atom is -0.491 e. The molecule has 3 nitrogen and oxygen atoms in total. The Morgan fingerprint density at radius 2 is 1.55 bits per heavy atom. The first kappa shape index (κ1) is 14.1. The summed E-state index contributed by atoms with van der Waals surface area (Å²) < 4.78 is 6.72.